The van der Waals surface area contributed by atoms with Gasteiger partial charge in [-0.05, 0) is 42.0 Å². The lowest BCUT2D eigenvalue weighted by molar-refractivity contribution is -0.139. The van der Waals surface area contributed by atoms with E-state index in [4.69, 9.17) is 0 Å². The Morgan fingerprint density at radius 1 is 0.800 bits per heavy atom. The van der Waals surface area contributed by atoms with Crippen molar-refractivity contribution in [2.75, 3.05) is 0 Å². The van der Waals surface area contributed by atoms with Gasteiger partial charge in [-0.1, -0.05) is 51.1 Å². The Balaban J connectivity index is 1.91. The van der Waals surface area contributed by atoms with Crippen molar-refractivity contribution in [3.05, 3.63) is 86.8 Å². The van der Waals surface area contributed by atoms with Crippen LogP contribution in [0.3, 0.4) is 0 Å². The Labute approximate surface area is 198 Å². The maximum Gasteiger partial charge on any atom is 0.418 e. The molecule has 186 valence electrons. The van der Waals surface area contributed by atoms with Gasteiger partial charge in [-0.15, -0.1) is 0 Å². The van der Waals surface area contributed by atoms with E-state index in [2.05, 4.69) is 0 Å². The lowest BCUT2D eigenvalue weighted by Crippen LogP contribution is -2.45. The molecule has 1 fully saturated rings. The van der Waals surface area contributed by atoms with Crippen LogP contribution in [-0.4, -0.2) is 9.36 Å². The van der Waals surface area contributed by atoms with Crippen molar-refractivity contribution in [1.82, 2.24) is 9.36 Å². The third-order valence-corrected chi connectivity index (χ3v) is 8.79. The van der Waals surface area contributed by atoms with Crippen LogP contribution in [0.1, 0.15) is 61.6 Å². The second-order valence-electron chi connectivity index (χ2n) is 10.3. The molecule has 2 atom stereocenters. The summed E-state index contributed by atoms with van der Waals surface area (Å²) in [6.07, 6.45) is -8.58. The van der Waals surface area contributed by atoms with E-state index < -0.39 is 45.3 Å². The number of nitrogens with zero attached hydrogens (tertiary/aromatic N) is 2. The van der Waals surface area contributed by atoms with Crippen molar-refractivity contribution in [3.63, 3.8) is 0 Å². The molecule has 0 aliphatic heterocycles. The molecular formula is C26H24F6N2O. The number of halogens is 6. The van der Waals surface area contributed by atoms with Gasteiger partial charge in [0.2, 0.25) is 0 Å². The third kappa shape index (κ3) is 2.72. The molecule has 0 spiro atoms. The zero-order valence-corrected chi connectivity index (χ0v) is 19.6. The van der Waals surface area contributed by atoms with Crippen molar-refractivity contribution in [3.8, 4) is 5.69 Å². The Morgan fingerprint density at radius 2 is 1.34 bits per heavy atom. The first-order valence-electron chi connectivity index (χ1n) is 11.3. The molecule has 1 aromatic heterocycles. The van der Waals surface area contributed by atoms with Crippen LogP contribution in [0.15, 0.2) is 53.3 Å². The fourth-order valence-corrected chi connectivity index (χ4v) is 6.89. The first kappa shape index (κ1) is 23.8. The summed E-state index contributed by atoms with van der Waals surface area (Å²) >= 11 is 0. The molecule has 1 saturated carbocycles. The normalized spacial score (nSPS) is 25.2. The summed E-state index contributed by atoms with van der Waals surface area (Å²) < 4.78 is 86.4. The van der Waals surface area contributed by atoms with E-state index in [0.717, 1.165) is 16.8 Å². The highest BCUT2D eigenvalue weighted by Gasteiger charge is 2.72. The number of alkyl halides is 6. The fourth-order valence-electron chi connectivity index (χ4n) is 6.89. The Morgan fingerprint density at radius 3 is 1.94 bits per heavy atom. The highest BCUT2D eigenvalue weighted by molar-refractivity contribution is 5.60. The zero-order chi connectivity index (χ0) is 25.8. The smallest absolute Gasteiger partial charge is 0.284 e. The monoisotopic (exact) mass is 494 g/mol. The Bertz CT molecular complexity index is 1410. The fraction of sp³-hybridized carbons (Fsp3) is 0.423. The van der Waals surface area contributed by atoms with Gasteiger partial charge in [0.05, 0.1) is 28.1 Å². The Hall–Kier alpha value is -2.97. The molecule has 3 nitrogen and oxygen atoms in total. The lowest BCUT2D eigenvalue weighted by atomic mass is 9.60. The minimum Gasteiger partial charge on any atom is -0.284 e. The van der Waals surface area contributed by atoms with Crippen LogP contribution in [0.25, 0.3) is 5.69 Å². The van der Waals surface area contributed by atoms with Crippen LogP contribution >= 0.6 is 0 Å². The van der Waals surface area contributed by atoms with Gasteiger partial charge in [0.15, 0.2) is 0 Å². The molecule has 2 aliphatic carbocycles. The van der Waals surface area contributed by atoms with E-state index in [1.165, 1.54) is 48.1 Å². The lowest BCUT2D eigenvalue weighted by Gasteiger charge is -2.43. The maximum absolute atomic E-state index is 14.2. The maximum atomic E-state index is 14.2. The second kappa shape index (κ2) is 6.83. The predicted octanol–water partition coefficient (Wildman–Crippen LogP) is 6.59. The summed E-state index contributed by atoms with van der Waals surface area (Å²) in [4.78, 5) is 14.0. The van der Waals surface area contributed by atoms with Crippen molar-refractivity contribution in [2.45, 2.75) is 56.8 Å². The molecular weight excluding hydrogens is 470 g/mol. The molecule has 2 aromatic carbocycles. The molecule has 5 rings (SSSR count). The van der Waals surface area contributed by atoms with Crippen LogP contribution < -0.4 is 5.56 Å². The molecule has 2 aliphatic rings. The molecule has 0 amide bonds. The van der Waals surface area contributed by atoms with E-state index in [0.29, 0.717) is 12.1 Å². The van der Waals surface area contributed by atoms with Crippen molar-refractivity contribution in [2.24, 2.45) is 12.5 Å². The molecule has 9 heteroatoms. The second-order valence-corrected chi connectivity index (χ2v) is 10.3. The first-order valence-corrected chi connectivity index (χ1v) is 11.3. The van der Waals surface area contributed by atoms with Gasteiger partial charge in [0.1, 0.15) is 0 Å². The summed E-state index contributed by atoms with van der Waals surface area (Å²) in [5.41, 5.74) is -5.05. The van der Waals surface area contributed by atoms with Gasteiger partial charge < -0.3 is 0 Å². The van der Waals surface area contributed by atoms with Crippen LogP contribution in [-0.2, 0) is 30.2 Å². The highest BCUT2D eigenvalue weighted by atomic mass is 19.4. The average Bonchev–Trinajstić information content (AvgIpc) is 3.21. The molecule has 0 N–H and O–H groups in total. The number of rotatable bonds is 2. The van der Waals surface area contributed by atoms with Crippen molar-refractivity contribution in [1.29, 1.82) is 0 Å². The quantitative estimate of drug-likeness (QED) is 0.369. The van der Waals surface area contributed by atoms with Gasteiger partial charge in [-0.25, -0.2) is 4.68 Å². The average molecular weight is 494 g/mol. The standard InChI is InChI=1S/C26H24F6N2O/c1-22(2)23(3)13-14-24(22,15-9-5-6-10-16(15)25(27,28)29)19-20(23)33(4)34(21(19)35)18-12-8-7-11-17(18)26(30,31)32/h5-12H,13-14H2,1-4H3. The topological polar surface area (TPSA) is 26.9 Å². The van der Waals surface area contributed by atoms with Crippen LogP contribution in [0.2, 0.25) is 0 Å². The molecule has 35 heavy (non-hydrogen) atoms. The van der Waals surface area contributed by atoms with Crippen molar-refractivity contribution < 1.29 is 26.3 Å². The van der Waals surface area contributed by atoms with E-state index in [-0.39, 0.29) is 23.2 Å². The summed E-state index contributed by atoms with van der Waals surface area (Å²) in [6.45, 7) is 5.62. The van der Waals surface area contributed by atoms with E-state index in [1.54, 1.807) is 0 Å². The summed E-state index contributed by atoms with van der Waals surface area (Å²) in [5.74, 6) is 0. The highest BCUT2D eigenvalue weighted by Crippen LogP contribution is 2.73. The number of hydrogen-bond acceptors (Lipinski definition) is 1. The molecule has 1 heterocycles. The van der Waals surface area contributed by atoms with Gasteiger partial charge >= 0.3 is 12.4 Å². The summed E-state index contributed by atoms with van der Waals surface area (Å²) in [5, 5.41) is 0. The molecule has 2 unspecified atom stereocenters. The van der Waals surface area contributed by atoms with Gasteiger partial charge in [0.25, 0.3) is 5.56 Å². The van der Waals surface area contributed by atoms with Crippen LogP contribution in [0, 0.1) is 5.41 Å². The minimum absolute atomic E-state index is 0.000989. The molecule has 0 radical (unpaired) electrons. The number of hydrogen-bond donors (Lipinski definition) is 0. The summed E-state index contributed by atoms with van der Waals surface area (Å²) in [7, 11) is 1.51. The number of benzene rings is 2. The first-order chi connectivity index (χ1) is 16.1. The number of aromatic nitrogens is 2. The SMILES string of the molecule is Cn1c2c(c(=O)n1-c1ccccc1C(F)(F)F)C1(c3ccccc3C(F)(F)F)CCC2(C)C1(C)C. The minimum atomic E-state index is -4.71. The van der Waals surface area contributed by atoms with E-state index in [9.17, 15) is 31.1 Å². The largest absolute Gasteiger partial charge is 0.418 e. The Kier molecular flexibility index (Phi) is 4.63. The molecule has 0 saturated heterocycles. The number of para-hydroxylation sites is 1. The van der Waals surface area contributed by atoms with Crippen LogP contribution in [0.5, 0.6) is 0 Å². The number of fused-ring (bicyclic) bond motifs is 5. The van der Waals surface area contributed by atoms with Gasteiger partial charge in [-0.2, -0.15) is 26.3 Å². The molecule has 3 aromatic rings. The third-order valence-electron chi connectivity index (χ3n) is 8.79. The van der Waals surface area contributed by atoms with Gasteiger partial charge in [-0.3, -0.25) is 9.48 Å². The summed E-state index contributed by atoms with van der Waals surface area (Å²) in [6, 6.07) is 10.00. The van der Waals surface area contributed by atoms with Crippen LogP contribution in [0.4, 0.5) is 26.3 Å². The van der Waals surface area contributed by atoms with Gasteiger partial charge in [0, 0.05) is 17.9 Å². The zero-order valence-electron chi connectivity index (χ0n) is 19.6. The predicted molar refractivity (Wildman–Crippen MR) is 119 cm³/mol. The van der Waals surface area contributed by atoms with E-state index >= 15 is 0 Å². The molecule has 2 bridgehead atoms. The van der Waals surface area contributed by atoms with Crippen molar-refractivity contribution >= 4 is 0 Å². The van der Waals surface area contributed by atoms with E-state index in [1.807, 2.05) is 20.8 Å².